The third kappa shape index (κ3) is 9.41. The second-order valence-electron chi connectivity index (χ2n) is 13.7. The molecule has 14 nitrogen and oxygen atoms in total. The maximum atomic E-state index is 13.3. The molecule has 0 saturated heterocycles. The van der Waals surface area contributed by atoms with Crippen LogP contribution in [-0.2, 0) is 31.9 Å². The number of halogens is 1. The molecule has 1 N–H and O–H groups in total. The van der Waals surface area contributed by atoms with Gasteiger partial charge in [0.2, 0.25) is 0 Å². The maximum Gasteiger partial charge on any atom is 0.305 e. The summed E-state index contributed by atoms with van der Waals surface area (Å²) in [6.07, 6.45) is 7.25. The first-order valence-corrected chi connectivity index (χ1v) is 20.1. The smallest absolute Gasteiger partial charge is 0.305 e. The number of hydrogen-bond donors (Lipinski definition) is 1. The second kappa shape index (κ2) is 19.5. The number of fused-ring (bicyclic) bond motifs is 8. The van der Waals surface area contributed by atoms with Crippen molar-refractivity contribution in [2.24, 2.45) is 9.98 Å². The molecule has 2 atom stereocenters. The molecule has 4 aliphatic rings. The average molecular weight is 870 g/mol. The van der Waals surface area contributed by atoms with Crippen molar-refractivity contribution >= 4 is 74.9 Å². The number of amides is 2. The average Bonchev–Trinajstić information content (AvgIpc) is 3.75. The Morgan fingerprint density at radius 2 is 1.19 bits per heavy atom. The molecule has 308 valence electrons. The zero-order valence-corrected chi connectivity index (χ0v) is 34.8. The van der Waals surface area contributed by atoms with Crippen LogP contribution in [0.3, 0.4) is 0 Å². The number of hydrogen-bond acceptors (Lipinski definition) is 12. The molecule has 15 heteroatoms. The van der Waals surface area contributed by atoms with Crippen LogP contribution in [0.15, 0.2) is 82.8 Å². The number of carbonyl (C=O) groups is 4. The second-order valence-corrected chi connectivity index (χ2v) is 14.5. The Morgan fingerprint density at radius 1 is 0.695 bits per heavy atom. The highest BCUT2D eigenvalue weighted by Gasteiger charge is 2.37. The van der Waals surface area contributed by atoms with Gasteiger partial charge in [0.25, 0.3) is 11.8 Å². The minimum absolute atomic E-state index is 0.0198. The van der Waals surface area contributed by atoms with Crippen molar-refractivity contribution in [2.45, 2.75) is 50.6 Å². The molecule has 0 radical (unpaired) electrons. The van der Waals surface area contributed by atoms with E-state index in [-0.39, 0.29) is 53.8 Å². The molecule has 4 aliphatic heterocycles. The van der Waals surface area contributed by atoms with Crippen molar-refractivity contribution in [1.29, 1.82) is 0 Å². The van der Waals surface area contributed by atoms with Gasteiger partial charge >= 0.3 is 11.9 Å². The summed E-state index contributed by atoms with van der Waals surface area (Å²) in [5.41, 5.74) is 6.04. The molecular formula is C44H45BrN4O10. The number of nitrogens with zero attached hydrogens (tertiary/aromatic N) is 4. The molecule has 2 amide bonds. The number of para-hydroxylation sites is 2. The fourth-order valence-corrected chi connectivity index (χ4v) is 7.37. The standard InChI is InChI=1S/C22H22N2O5.C17H14N2O3.C5H9BrO2/c1-27-19-11-16-17(12-20(19)29-9-5-8-21(25)28-2)23-13-15-10-14-6-3-4-7-18(14)24(15)22(16)26;1-22-16-7-12-13(8-15(16)20)18-9-11-6-10-4-2-3-5-14(10)19(11)17(12)21;1-8-5(7)3-2-4-6/h3-4,6-7,11-13,15H,5,8-10H2,1-2H3;2-5,7-9,11,20H,6H2,1H3;2-4H2,1H3. The van der Waals surface area contributed by atoms with E-state index in [1.165, 1.54) is 34.5 Å². The summed E-state index contributed by atoms with van der Waals surface area (Å²) in [7, 11) is 5.75. The zero-order valence-electron chi connectivity index (χ0n) is 33.2. The number of methoxy groups -OCH3 is 4. The van der Waals surface area contributed by atoms with Gasteiger partial charge < -0.3 is 28.8 Å². The summed E-state index contributed by atoms with van der Waals surface area (Å²) < 4.78 is 25.4. The molecule has 2 unspecified atom stereocenters. The normalized spacial score (nSPS) is 16.2. The van der Waals surface area contributed by atoms with Crippen LogP contribution in [-0.4, -0.2) is 93.7 Å². The van der Waals surface area contributed by atoms with Gasteiger partial charge in [-0.1, -0.05) is 52.3 Å². The quantitative estimate of drug-likeness (QED) is 0.0969. The fourth-order valence-electron chi connectivity index (χ4n) is 7.09. The maximum absolute atomic E-state index is 13.3. The Balaban J connectivity index is 0.000000172. The van der Waals surface area contributed by atoms with Crippen molar-refractivity contribution in [2.75, 3.05) is 50.2 Å². The number of esters is 2. The first kappa shape index (κ1) is 42.4. The molecule has 4 aromatic rings. The largest absolute Gasteiger partial charge is 0.504 e. The minimum Gasteiger partial charge on any atom is -0.504 e. The van der Waals surface area contributed by atoms with Crippen LogP contribution in [0, 0.1) is 0 Å². The Labute approximate surface area is 350 Å². The highest BCUT2D eigenvalue weighted by Crippen LogP contribution is 2.42. The first-order valence-electron chi connectivity index (χ1n) is 19.0. The zero-order chi connectivity index (χ0) is 42.1. The molecule has 59 heavy (non-hydrogen) atoms. The first-order chi connectivity index (χ1) is 28.6. The SMILES string of the molecule is COC(=O)CCCBr.COC(=O)CCCOc1cc2c(cc1OC)C(=O)N1c3ccccc3CC1C=N2.COc1cc2c(cc1O)N=CC1Cc3ccccc3N1C2=O. The predicted octanol–water partition coefficient (Wildman–Crippen LogP) is 7.34. The summed E-state index contributed by atoms with van der Waals surface area (Å²) in [5.74, 6) is 0.550. The van der Waals surface area contributed by atoms with E-state index in [2.05, 4.69) is 35.4 Å². The summed E-state index contributed by atoms with van der Waals surface area (Å²) in [4.78, 5) is 60.4. The van der Waals surface area contributed by atoms with Crippen molar-refractivity contribution in [1.82, 2.24) is 0 Å². The third-order valence-electron chi connectivity index (χ3n) is 10.0. The molecule has 0 spiro atoms. The van der Waals surface area contributed by atoms with E-state index >= 15 is 0 Å². The summed E-state index contributed by atoms with van der Waals surface area (Å²) in [6.45, 7) is 0.323. The number of benzene rings is 4. The number of phenolic OH excluding ortho intramolecular Hbond substituents is 1. The van der Waals surface area contributed by atoms with Gasteiger partial charge in [0, 0.05) is 67.0 Å². The lowest BCUT2D eigenvalue weighted by atomic mass is 10.1. The third-order valence-corrected chi connectivity index (χ3v) is 10.6. The molecule has 4 heterocycles. The van der Waals surface area contributed by atoms with Crippen molar-refractivity contribution in [3.8, 4) is 23.0 Å². The molecule has 4 aromatic carbocycles. The lowest BCUT2D eigenvalue weighted by Crippen LogP contribution is -2.37. The lowest BCUT2D eigenvalue weighted by Gasteiger charge is -2.22. The van der Waals surface area contributed by atoms with Crippen molar-refractivity contribution < 1.29 is 48.0 Å². The number of ether oxygens (including phenoxy) is 5. The van der Waals surface area contributed by atoms with Crippen molar-refractivity contribution in [3.05, 3.63) is 95.1 Å². The number of rotatable bonds is 10. The Hall–Kier alpha value is -6.22. The van der Waals surface area contributed by atoms with Gasteiger partial charge in [-0.25, -0.2) is 0 Å². The van der Waals surface area contributed by atoms with E-state index in [9.17, 15) is 24.3 Å². The van der Waals surface area contributed by atoms with E-state index in [1.807, 2.05) is 54.7 Å². The van der Waals surface area contributed by atoms with Gasteiger partial charge in [0.1, 0.15) is 0 Å². The number of carbonyl (C=O) groups excluding carboxylic acids is 4. The topological polar surface area (TPSA) is 166 Å². The molecule has 8 rings (SSSR count). The van der Waals surface area contributed by atoms with Crippen LogP contribution in [0.5, 0.6) is 23.0 Å². The van der Waals surface area contributed by atoms with Crippen LogP contribution in [0.1, 0.15) is 57.5 Å². The summed E-state index contributed by atoms with van der Waals surface area (Å²) in [6, 6.07) is 22.0. The molecule has 0 aromatic heterocycles. The van der Waals surface area contributed by atoms with E-state index < -0.39 is 0 Å². The van der Waals surface area contributed by atoms with Crippen LogP contribution < -0.4 is 24.0 Å². The number of phenols is 1. The van der Waals surface area contributed by atoms with Crippen LogP contribution in [0.2, 0.25) is 0 Å². The van der Waals surface area contributed by atoms with Crippen LogP contribution in [0.25, 0.3) is 0 Å². The van der Waals surface area contributed by atoms with Gasteiger partial charge in [-0.3, -0.25) is 39.0 Å². The predicted molar refractivity (Wildman–Crippen MR) is 227 cm³/mol. The van der Waals surface area contributed by atoms with Gasteiger partial charge in [-0.05, 0) is 48.2 Å². The Morgan fingerprint density at radius 3 is 1.69 bits per heavy atom. The number of anilines is 2. The molecule has 0 bridgehead atoms. The van der Waals surface area contributed by atoms with E-state index in [4.69, 9.17) is 14.2 Å². The van der Waals surface area contributed by atoms with Crippen LogP contribution in [0.4, 0.5) is 22.7 Å². The van der Waals surface area contributed by atoms with Crippen molar-refractivity contribution in [3.63, 3.8) is 0 Å². The summed E-state index contributed by atoms with van der Waals surface area (Å²) >= 11 is 3.20. The highest BCUT2D eigenvalue weighted by molar-refractivity contribution is 9.09. The van der Waals surface area contributed by atoms with Gasteiger partial charge in [-0.2, -0.15) is 0 Å². The van der Waals surface area contributed by atoms with Gasteiger partial charge in [0.15, 0.2) is 23.0 Å². The van der Waals surface area contributed by atoms with Gasteiger partial charge in [-0.15, -0.1) is 0 Å². The summed E-state index contributed by atoms with van der Waals surface area (Å²) in [5, 5.41) is 10.7. The van der Waals surface area contributed by atoms with E-state index in [1.54, 1.807) is 34.2 Å². The minimum atomic E-state index is -0.279. The highest BCUT2D eigenvalue weighted by atomic mass is 79.9. The Bertz CT molecular complexity index is 2280. The van der Waals surface area contributed by atoms with E-state index in [0.29, 0.717) is 53.4 Å². The molecule has 0 saturated carbocycles. The lowest BCUT2D eigenvalue weighted by molar-refractivity contribution is -0.141. The van der Waals surface area contributed by atoms with E-state index in [0.717, 1.165) is 47.1 Å². The molecule has 0 aliphatic carbocycles. The number of aromatic hydroxyl groups is 1. The van der Waals surface area contributed by atoms with Gasteiger partial charge in [0.05, 0.1) is 69.6 Å². The molecular weight excluding hydrogens is 824 g/mol. The number of aliphatic imine (C=N–C) groups is 2. The fraction of sp³-hybridized carbons (Fsp3) is 0.318. The monoisotopic (exact) mass is 868 g/mol. The Kier molecular flexibility index (Phi) is 14.0. The van der Waals surface area contributed by atoms with Crippen LogP contribution >= 0.6 is 15.9 Å². The molecule has 0 fully saturated rings. The number of alkyl halides is 1.